The summed E-state index contributed by atoms with van der Waals surface area (Å²) in [7, 11) is 0. The largest absolute Gasteiger partial charge is 0.394 e. The van der Waals surface area contributed by atoms with Crippen molar-refractivity contribution < 1.29 is 5.11 Å². The van der Waals surface area contributed by atoms with E-state index in [1.165, 1.54) is 0 Å². The maximum absolute atomic E-state index is 9.21. The third-order valence-corrected chi connectivity index (χ3v) is 2.46. The van der Waals surface area contributed by atoms with Crippen molar-refractivity contribution in [1.29, 1.82) is 0 Å². The lowest BCUT2D eigenvalue weighted by molar-refractivity contribution is 0.268. The van der Waals surface area contributed by atoms with Crippen molar-refractivity contribution in [1.82, 2.24) is 9.97 Å². The van der Waals surface area contributed by atoms with Gasteiger partial charge in [0.25, 0.3) is 0 Å². The Balaban J connectivity index is 2.80. The Hall–Kier alpha value is -1.36. The number of aryl methyl sites for hydroxylation is 1. The van der Waals surface area contributed by atoms with Crippen LogP contribution >= 0.6 is 0 Å². The molecule has 1 aromatic rings. The highest BCUT2D eigenvalue weighted by Crippen LogP contribution is 2.15. The Kier molecular flexibility index (Phi) is 4.98. The Bertz CT molecular complexity index is 330. The standard InChI is InChI=1S/C11H20N4O/c1-3-5-9(7-16)14-10-8(4-2)6-13-11(12)15-10/h6,9,16H,3-5,7H2,1-2H3,(H3,12,13,14,15). The smallest absolute Gasteiger partial charge is 0.221 e. The second-order valence-electron chi connectivity index (χ2n) is 3.77. The van der Waals surface area contributed by atoms with E-state index in [0.717, 1.165) is 30.6 Å². The third kappa shape index (κ3) is 3.34. The molecule has 0 fully saturated rings. The molecule has 5 nitrogen and oxygen atoms in total. The van der Waals surface area contributed by atoms with Crippen LogP contribution in [0.3, 0.4) is 0 Å². The van der Waals surface area contributed by atoms with Gasteiger partial charge >= 0.3 is 0 Å². The summed E-state index contributed by atoms with van der Waals surface area (Å²) in [5.74, 6) is 0.996. The fourth-order valence-electron chi connectivity index (χ4n) is 1.56. The minimum absolute atomic E-state index is 0.0320. The number of nitrogens with zero attached hydrogens (tertiary/aromatic N) is 2. The molecule has 5 heteroatoms. The Morgan fingerprint density at radius 2 is 2.25 bits per heavy atom. The molecule has 1 atom stereocenters. The predicted octanol–water partition coefficient (Wildman–Crippen LogP) is 1.19. The van der Waals surface area contributed by atoms with E-state index < -0.39 is 0 Å². The summed E-state index contributed by atoms with van der Waals surface area (Å²) in [6, 6.07) is 0.0320. The summed E-state index contributed by atoms with van der Waals surface area (Å²) >= 11 is 0. The molecule has 1 unspecified atom stereocenters. The van der Waals surface area contributed by atoms with Gasteiger partial charge in [-0.2, -0.15) is 4.98 Å². The number of rotatable bonds is 6. The number of anilines is 2. The molecule has 1 rings (SSSR count). The summed E-state index contributed by atoms with van der Waals surface area (Å²) < 4.78 is 0. The zero-order chi connectivity index (χ0) is 12.0. The second kappa shape index (κ2) is 6.27. The van der Waals surface area contributed by atoms with Crippen LogP contribution in [0.1, 0.15) is 32.3 Å². The molecule has 1 heterocycles. The molecular weight excluding hydrogens is 204 g/mol. The number of nitrogens with two attached hydrogens (primary N) is 1. The van der Waals surface area contributed by atoms with Crippen molar-refractivity contribution in [2.24, 2.45) is 0 Å². The van der Waals surface area contributed by atoms with Crippen molar-refractivity contribution in [3.8, 4) is 0 Å². The molecule has 0 saturated carbocycles. The number of aromatic nitrogens is 2. The van der Waals surface area contributed by atoms with Crippen LogP contribution < -0.4 is 11.1 Å². The number of nitrogens with one attached hydrogen (secondary N) is 1. The molecule has 90 valence electrons. The first-order valence-corrected chi connectivity index (χ1v) is 5.70. The van der Waals surface area contributed by atoms with E-state index in [1.807, 2.05) is 6.92 Å². The first kappa shape index (κ1) is 12.7. The second-order valence-corrected chi connectivity index (χ2v) is 3.77. The lowest BCUT2D eigenvalue weighted by Crippen LogP contribution is -2.25. The first-order valence-electron chi connectivity index (χ1n) is 5.70. The van der Waals surface area contributed by atoms with Crippen LogP contribution in [-0.2, 0) is 6.42 Å². The lowest BCUT2D eigenvalue weighted by Gasteiger charge is -2.18. The topological polar surface area (TPSA) is 84.1 Å². The molecule has 4 N–H and O–H groups in total. The molecule has 0 aliphatic heterocycles. The number of hydrogen-bond acceptors (Lipinski definition) is 5. The molecule has 0 bridgehead atoms. The van der Waals surface area contributed by atoms with Crippen LogP contribution in [0.25, 0.3) is 0 Å². The highest BCUT2D eigenvalue weighted by atomic mass is 16.3. The van der Waals surface area contributed by atoms with Gasteiger partial charge in [-0.25, -0.2) is 4.98 Å². The van der Waals surface area contributed by atoms with Gasteiger partial charge in [-0.15, -0.1) is 0 Å². The highest BCUT2D eigenvalue weighted by Gasteiger charge is 2.10. The van der Waals surface area contributed by atoms with E-state index in [9.17, 15) is 5.11 Å². The maximum atomic E-state index is 9.21. The molecule has 0 saturated heterocycles. The molecule has 0 aromatic carbocycles. The molecule has 0 radical (unpaired) electrons. The van der Waals surface area contributed by atoms with Crippen LogP contribution in [0.4, 0.5) is 11.8 Å². The summed E-state index contributed by atoms with van der Waals surface area (Å²) in [6.07, 6.45) is 4.49. The van der Waals surface area contributed by atoms with Gasteiger partial charge < -0.3 is 16.2 Å². The number of nitrogen functional groups attached to an aromatic ring is 1. The molecule has 0 aliphatic carbocycles. The zero-order valence-electron chi connectivity index (χ0n) is 9.90. The normalized spacial score (nSPS) is 12.4. The van der Waals surface area contributed by atoms with Crippen LogP contribution in [0.15, 0.2) is 6.20 Å². The van der Waals surface area contributed by atoms with Crippen molar-refractivity contribution >= 4 is 11.8 Å². The van der Waals surface area contributed by atoms with Gasteiger partial charge in [0, 0.05) is 11.8 Å². The fourth-order valence-corrected chi connectivity index (χ4v) is 1.56. The van der Waals surface area contributed by atoms with Crippen molar-refractivity contribution in [2.75, 3.05) is 17.7 Å². The molecule has 0 spiro atoms. The molecule has 0 amide bonds. The molecule has 16 heavy (non-hydrogen) atoms. The third-order valence-electron chi connectivity index (χ3n) is 2.46. The van der Waals surface area contributed by atoms with Gasteiger partial charge in [0.15, 0.2) is 0 Å². The van der Waals surface area contributed by atoms with E-state index in [-0.39, 0.29) is 18.6 Å². The van der Waals surface area contributed by atoms with Crippen LogP contribution in [0, 0.1) is 0 Å². The van der Waals surface area contributed by atoms with Crippen molar-refractivity contribution in [3.63, 3.8) is 0 Å². The fraction of sp³-hybridized carbons (Fsp3) is 0.636. The predicted molar refractivity (Wildman–Crippen MR) is 65.2 cm³/mol. The Morgan fingerprint density at radius 1 is 1.50 bits per heavy atom. The summed E-state index contributed by atoms with van der Waals surface area (Å²) in [5.41, 5.74) is 6.57. The summed E-state index contributed by atoms with van der Waals surface area (Å²) in [5, 5.41) is 12.4. The Morgan fingerprint density at radius 3 is 2.81 bits per heavy atom. The number of hydrogen-bond donors (Lipinski definition) is 3. The zero-order valence-corrected chi connectivity index (χ0v) is 9.90. The minimum atomic E-state index is 0.0320. The molecule has 0 aliphatic rings. The summed E-state index contributed by atoms with van der Waals surface area (Å²) in [4.78, 5) is 8.11. The first-order chi connectivity index (χ1) is 7.71. The van der Waals surface area contributed by atoms with Gasteiger partial charge in [-0.05, 0) is 12.8 Å². The number of aliphatic hydroxyl groups excluding tert-OH is 1. The van der Waals surface area contributed by atoms with Gasteiger partial charge in [0.1, 0.15) is 5.82 Å². The minimum Gasteiger partial charge on any atom is -0.394 e. The van der Waals surface area contributed by atoms with Gasteiger partial charge in [0.2, 0.25) is 5.95 Å². The van der Waals surface area contributed by atoms with Gasteiger partial charge in [-0.1, -0.05) is 20.3 Å². The van der Waals surface area contributed by atoms with E-state index in [0.29, 0.717) is 0 Å². The van der Waals surface area contributed by atoms with E-state index in [1.54, 1.807) is 6.20 Å². The SMILES string of the molecule is CCCC(CO)Nc1nc(N)ncc1CC. The average molecular weight is 224 g/mol. The van der Waals surface area contributed by atoms with Crippen LogP contribution in [-0.4, -0.2) is 27.7 Å². The van der Waals surface area contributed by atoms with Crippen molar-refractivity contribution in [3.05, 3.63) is 11.8 Å². The highest BCUT2D eigenvalue weighted by molar-refractivity contribution is 5.46. The monoisotopic (exact) mass is 224 g/mol. The van der Waals surface area contributed by atoms with E-state index in [4.69, 9.17) is 5.73 Å². The van der Waals surface area contributed by atoms with Gasteiger partial charge in [0.05, 0.1) is 12.6 Å². The van der Waals surface area contributed by atoms with Crippen molar-refractivity contribution in [2.45, 2.75) is 39.2 Å². The molecular formula is C11H20N4O. The van der Waals surface area contributed by atoms with E-state index in [2.05, 4.69) is 22.2 Å². The quantitative estimate of drug-likeness (QED) is 0.676. The Labute approximate surface area is 96.1 Å². The summed E-state index contributed by atoms with van der Waals surface area (Å²) in [6.45, 7) is 4.22. The molecule has 1 aromatic heterocycles. The van der Waals surface area contributed by atoms with Crippen LogP contribution in [0.5, 0.6) is 0 Å². The van der Waals surface area contributed by atoms with Crippen LogP contribution in [0.2, 0.25) is 0 Å². The number of aliphatic hydroxyl groups is 1. The van der Waals surface area contributed by atoms with E-state index >= 15 is 0 Å². The maximum Gasteiger partial charge on any atom is 0.221 e. The van der Waals surface area contributed by atoms with Gasteiger partial charge in [-0.3, -0.25) is 0 Å². The lowest BCUT2D eigenvalue weighted by atomic mass is 10.1. The average Bonchev–Trinajstić information content (AvgIpc) is 2.29.